The maximum atomic E-state index is 15.2. The summed E-state index contributed by atoms with van der Waals surface area (Å²) in [7, 11) is 1.59. The number of methoxy groups -OCH3 is 1. The van der Waals surface area contributed by atoms with Gasteiger partial charge in [-0.1, -0.05) is 54.5 Å². The van der Waals surface area contributed by atoms with Gasteiger partial charge >= 0.3 is 23.3 Å². The number of ether oxygens (including phenoxy) is 3. The summed E-state index contributed by atoms with van der Waals surface area (Å²) in [5, 5.41) is 0. The maximum absolute atomic E-state index is 15.2. The number of fused-ring (bicyclic) bond motifs is 7. The number of carbonyl (C=O) groups is 2. The summed E-state index contributed by atoms with van der Waals surface area (Å²) < 4.78 is 22.6. The third-order valence-electron chi connectivity index (χ3n) is 16.7. The molecule has 2 heterocycles. The van der Waals surface area contributed by atoms with E-state index in [1.165, 1.54) is 29.6 Å². The molecule has 0 bridgehead atoms. The molecule has 0 amide bonds. The highest BCUT2D eigenvalue weighted by Gasteiger charge is 2.73. The monoisotopic (exact) mass is 729 g/mol. The molecule has 8 rings (SSSR count). The van der Waals surface area contributed by atoms with Crippen molar-refractivity contribution in [3.05, 3.63) is 56.4 Å². The molecule has 0 radical (unpaired) electrons. The first-order chi connectivity index (χ1) is 24.8. The van der Waals surface area contributed by atoms with Crippen LogP contribution in [-0.2, 0) is 24.6 Å². The number of benzene rings is 1. The minimum atomic E-state index is -0.748. The van der Waals surface area contributed by atoms with Crippen LogP contribution >= 0.6 is 0 Å². The third kappa shape index (κ3) is 4.44. The first-order valence-corrected chi connectivity index (χ1v) is 20.0. The fraction of sp³-hybridized carbons (Fsp3) is 0.721. The van der Waals surface area contributed by atoms with Crippen LogP contribution in [0.5, 0.6) is 5.75 Å². The minimum absolute atomic E-state index is 0.00634. The topological polar surface area (TPSA) is 111 Å². The summed E-state index contributed by atoms with van der Waals surface area (Å²) >= 11 is 0. The van der Waals surface area contributed by atoms with Crippen molar-refractivity contribution in [1.82, 2.24) is 13.9 Å². The Morgan fingerprint density at radius 1 is 0.887 bits per heavy atom. The number of hydrogen-bond acceptors (Lipinski definition) is 7. The zero-order chi connectivity index (χ0) is 38.3. The van der Waals surface area contributed by atoms with Crippen molar-refractivity contribution in [2.75, 3.05) is 13.7 Å². The highest BCUT2D eigenvalue weighted by atomic mass is 16.5. The van der Waals surface area contributed by atoms with E-state index in [1.54, 1.807) is 13.2 Å². The molecule has 5 aliphatic carbocycles. The van der Waals surface area contributed by atoms with E-state index < -0.39 is 11.0 Å². The van der Waals surface area contributed by atoms with Crippen molar-refractivity contribution in [3.8, 4) is 11.4 Å². The van der Waals surface area contributed by atoms with Crippen LogP contribution in [0, 0.1) is 44.8 Å². The molecule has 4 unspecified atom stereocenters. The Bertz CT molecular complexity index is 2050. The molecule has 1 aromatic heterocycles. The van der Waals surface area contributed by atoms with Gasteiger partial charge in [0.05, 0.1) is 24.4 Å². The Morgan fingerprint density at radius 2 is 1.60 bits per heavy atom. The lowest BCUT2D eigenvalue weighted by Crippen LogP contribution is -2.67. The fourth-order valence-corrected chi connectivity index (χ4v) is 14.2. The highest BCUT2D eigenvalue weighted by Crippen LogP contribution is 2.79. The summed E-state index contributed by atoms with van der Waals surface area (Å²) in [4.78, 5) is 55.1. The van der Waals surface area contributed by atoms with Gasteiger partial charge < -0.3 is 14.2 Å². The Balaban J connectivity index is 1.40. The maximum Gasteiger partial charge on any atom is 0.352 e. The predicted octanol–water partition coefficient (Wildman–Crippen LogP) is 7.35. The van der Waals surface area contributed by atoms with E-state index in [0.717, 1.165) is 51.4 Å². The van der Waals surface area contributed by atoms with E-state index in [9.17, 15) is 9.59 Å². The minimum Gasteiger partial charge on any atom is -0.497 e. The Labute approximate surface area is 313 Å². The van der Waals surface area contributed by atoms with E-state index in [1.807, 2.05) is 27.6 Å². The number of aromatic nitrogens is 3. The number of carbonyl (C=O) groups excluding carboxylic acids is 2. The van der Waals surface area contributed by atoms with Gasteiger partial charge in [-0.3, -0.25) is 9.59 Å². The van der Waals surface area contributed by atoms with Gasteiger partial charge in [0.2, 0.25) is 0 Å². The van der Waals surface area contributed by atoms with Gasteiger partial charge in [0, 0.05) is 30.7 Å². The average molecular weight is 730 g/mol. The highest BCUT2D eigenvalue weighted by molar-refractivity contribution is 5.66. The van der Waals surface area contributed by atoms with Gasteiger partial charge in [-0.25, -0.2) is 23.5 Å². The summed E-state index contributed by atoms with van der Waals surface area (Å²) in [6, 6.07) is 6.90. The summed E-state index contributed by atoms with van der Waals surface area (Å²) in [6.45, 7) is 19.7. The second kappa shape index (κ2) is 11.5. The normalized spacial score (nSPS) is 39.1. The quantitative estimate of drug-likeness (QED) is 0.226. The SMILES string of the molecule is COc1cccc(-n2c(=O)n3n(c2=O)C2(C(C)C)CC[C@]4(COC(C)=O)CC[C@]5(C)C(=C24)C3CC2[C@@]3(C)CC[C@H](OC(C)=O)C(C)(C)C3CC[C@]25C)c1. The molecular formula is C43H59N3O7. The molecule has 1 aromatic carbocycles. The number of nitrogens with zero attached hydrogens (tertiary/aromatic N) is 3. The lowest BCUT2D eigenvalue weighted by Gasteiger charge is -2.72. The molecule has 0 spiro atoms. The van der Waals surface area contributed by atoms with Crippen LogP contribution in [-0.4, -0.2) is 45.7 Å². The lowest BCUT2D eigenvalue weighted by molar-refractivity contribution is -0.218. The fourth-order valence-electron chi connectivity index (χ4n) is 14.2. The van der Waals surface area contributed by atoms with Crippen molar-refractivity contribution in [3.63, 3.8) is 0 Å². The lowest BCUT2D eigenvalue weighted by atomic mass is 9.33. The molecular weight excluding hydrogens is 670 g/mol. The molecule has 4 fully saturated rings. The number of hydrogen-bond donors (Lipinski definition) is 0. The van der Waals surface area contributed by atoms with Gasteiger partial charge in [0.15, 0.2) is 0 Å². The standard InChI is InChI=1S/C43H59N3O7/c1-25(2)43-21-20-42(24-52-26(3)47)19-18-41(9)34(35(42)43)30(45-36(49)44(37(50)46(43)45)28-12-11-13-29(22-28)51-10)23-32-39(7)16-15-33(53-27(4)48)38(5,6)31(39)14-17-40(32,41)8/h11-13,22,25,30-33H,14-21,23-24H2,1-10H3/t30?,31?,32?,33-,39-,40+,41+,42-,43?/m0/s1. The van der Waals surface area contributed by atoms with Crippen LogP contribution < -0.4 is 16.1 Å². The number of allylic oxidation sites excluding steroid dienone is 1. The Morgan fingerprint density at radius 3 is 2.26 bits per heavy atom. The van der Waals surface area contributed by atoms with E-state index in [2.05, 4.69) is 48.5 Å². The van der Waals surface area contributed by atoms with E-state index in [-0.39, 0.29) is 69.0 Å². The van der Waals surface area contributed by atoms with Gasteiger partial charge in [0.25, 0.3) is 0 Å². The summed E-state index contributed by atoms with van der Waals surface area (Å²) in [6.07, 6.45) is 7.71. The molecule has 4 saturated carbocycles. The molecule has 0 N–H and O–H groups in total. The first kappa shape index (κ1) is 36.4. The smallest absolute Gasteiger partial charge is 0.352 e. The molecule has 53 heavy (non-hydrogen) atoms. The van der Waals surface area contributed by atoms with Crippen molar-refractivity contribution in [2.45, 2.75) is 138 Å². The molecule has 288 valence electrons. The average Bonchev–Trinajstić information content (AvgIpc) is 3.58. The summed E-state index contributed by atoms with van der Waals surface area (Å²) in [5.41, 5.74) is 0.665. The van der Waals surface area contributed by atoms with Gasteiger partial charge in [-0.05, 0) is 115 Å². The first-order valence-electron chi connectivity index (χ1n) is 20.0. The van der Waals surface area contributed by atoms with Gasteiger partial charge in [0.1, 0.15) is 18.5 Å². The van der Waals surface area contributed by atoms with Crippen LogP contribution in [0.2, 0.25) is 0 Å². The van der Waals surface area contributed by atoms with Crippen LogP contribution in [0.3, 0.4) is 0 Å². The van der Waals surface area contributed by atoms with Crippen molar-refractivity contribution in [2.24, 2.45) is 44.8 Å². The second-order valence-corrected chi connectivity index (χ2v) is 19.3. The van der Waals surface area contributed by atoms with Crippen molar-refractivity contribution < 1.29 is 23.8 Å². The molecule has 9 atom stereocenters. The molecule has 10 nitrogen and oxygen atoms in total. The zero-order valence-electron chi connectivity index (χ0n) is 33.5. The molecule has 10 heteroatoms. The largest absolute Gasteiger partial charge is 0.497 e. The zero-order valence-corrected chi connectivity index (χ0v) is 33.5. The van der Waals surface area contributed by atoms with E-state index in [4.69, 9.17) is 14.2 Å². The van der Waals surface area contributed by atoms with Crippen LogP contribution in [0.1, 0.15) is 126 Å². The molecule has 1 aliphatic heterocycles. The van der Waals surface area contributed by atoms with E-state index >= 15 is 9.59 Å². The van der Waals surface area contributed by atoms with Crippen molar-refractivity contribution >= 4 is 11.9 Å². The van der Waals surface area contributed by atoms with Crippen LogP contribution in [0.25, 0.3) is 5.69 Å². The van der Waals surface area contributed by atoms with Crippen LogP contribution in [0.4, 0.5) is 0 Å². The van der Waals surface area contributed by atoms with Crippen LogP contribution in [0.15, 0.2) is 45.0 Å². The number of esters is 2. The van der Waals surface area contributed by atoms with E-state index in [0.29, 0.717) is 30.4 Å². The number of rotatable bonds is 6. The molecule has 2 aromatic rings. The summed E-state index contributed by atoms with van der Waals surface area (Å²) in [5.74, 6) is 0.622. The predicted molar refractivity (Wildman–Crippen MR) is 201 cm³/mol. The molecule has 0 saturated heterocycles. The van der Waals surface area contributed by atoms with Gasteiger partial charge in [-0.2, -0.15) is 0 Å². The molecule has 6 aliphatic rings. The second-order valence-electron chi connectivity index (χ2n) is 19.3. The Kier molecular flexibility index (Phi) is 7.89. The van der Waals surface area contributed by atoms with Gasteiger partial charge in [-0.15, -0.1) is 0 Å². The van der Waals surface area contributed by atoms with Crippen molar-refractivity contribution in [1.29, 1.82) is 0 Å². The Hall–Kier alpha value is -3.56. The third-order valence-corrected chi connectivity index (χ3v) is 16.7.